The third-order valence-corrected chi connectivity index (χ3v) is 2.74. The number of nitrogens with zero attached hydrogens (tertiary/aromatic N) is 3. The second-order valence-corrected chi connectivity index (χ2v) is 5.10. The van der Waals surface area contributed by atoms with Crippen LogP contribution in [-0.4, -0.2) is 23.4 Å². The number of aryl methyl sites for hydroxylation is 1. The van der Waals surface area contributed by atoms with Crippen LogP contribution in [-0.2, 0) is 28.4 Å². The van der Waals surface area contributed by atoms with Gasteiger partial charge in [-0.3, -0.25) is 4.68 Å². The molecular weight excluding hydrogens is 256 g/mol. The lowest BCUT2D eigenvalue weighted by molar-refractivity contribution is 0.209. The molecule has 0 bridgehead atoms. The summed E-state index contributed by atoms with van der Waals surface area (Å²) in [5, 5.41) is 12.4. The zero-order chi connectivity index (χ0) is 13.8. The van der Waals surface area contributed by atoms with Gasteiger partial charge in [0.05, 0.1) is 11.1 Å². The molecule has 1 aromatic heterocycles. The molecule has 0 aliphatic carbocycles. The Morgan fingerprint density at radius 2 is 2.22 bits per heavy atom. The first-order valence-electron chi connectivity index (χ1n) is 4.85. The molecule has 0 atom stereocenters. The summed E-state index contributed by atoms with van der Waals surface area (Å²) < 4.78 is 28.5. The Bertz CT molecular complexity index is 586. The van der Waals surface area contributed by atoms with Crippen molar-refractivity contribution in [2.24, 2.45) is 12.2 Å². The molecule has 0 aliphatic heterocycles. The average Bonchev–Trinajstić information content (AvgIpc) is 2.67. The van der Waals surface area contributed by atoms with Gasteiger partial charge in [0.25, 0.3) is 0 Å². The van der Waals surface area contributed by atoms with Gasteiger partial charge in [0.2, 0.25) is 10.0 Å². The van der Waals surface area contributed by atoms with Crippen molar-refractivity contribution in [3.63, 3.8) is 0 Å². The molecule has 0 fully saturated rings. The fraction of sp³-hybridized carbons (Fsp3) is 0.200. The molecule has 0 aliphatic rings. The van der Waals surface area contributed by atoms with E-state index in [4.69, 9.17) is 9.88 Å². The maximum Gasteiger partial charge on any atom is 0.237 e. The van der Waals surface area contributed by atoms with E-state index in [1.807, 2.05) is 0 Å². The van der Waals surface area contributed by atoms with E-state index in [2.05, 4.69) is 23.5 Å². The first-order valence-corrected chi connectivity index (χ1v) is 6.40. The molecule has 1 rings (SSSR count). The number of hydrogen-bond donors (Lipinski definition) is 1. The normalized spacial score (nSPS) is 11.7. The molecule has 0 radical (unpaired) electrons. The van der Waals surface area contributed by atoms with Crippen molar-refractivity contribution in [2.75, 3.05) is 0 Å². The summed E-state index contributed by atoms with van der Waals surface area (Å²) in [7, 11) is -2.03. The monoisotopic (exact) mass is 270 g/mol. The smallest absolute Gasteiger partial charge is 0.237 e. The van der Waals surface area contributed by atoms with Crippen molar-refractivity contribution in [3.8, 4) is 0 Å². The quantitative estimate of drug-likeness (QED) is 0.588. The highest BCUT2D eigenvalue weighted by Crippen LogP contribution is 2.06. The maximum atomic E-state index is 10.9. The van der Waals surface area contributed by atoms with Crippen LogP contribution in [0.4, 0.5) is 0 Å². The molecule has 1 heterocycles. The lowest BCUT2D eigenvalue weighted by Gasteiger charge is -2.02. The number of hydrogen-bond acceptors (Lipinski definition) is 5. The molecule has 18 heavy (non-hydrogen) atoms. The van der Waals surface area contributed by atoms with Crippen LogP contribution in [0.5, 0.6) is 0 Å². The second-order valence-electron chi connectivity index (χ2n) is 3.48. The number of ether oxygens (including phenoxy) is 1. The highest BCUT2D eigenvalue weighted by Gasteiger charge is 2.05. The van der Waals surface area contributed by atoms with E-state index >= 15 is 0 Å². The average molecular weight is 270 g/mol. The third-order valence-electron chi connectivity index (χ3n) is 1.88. The van der Waals surface area contributed by atoms with Gasteiger partial charge in [0.1, 0.15) is 18.1 Å². The Labute approximate surface area is 105 Å². The van der Waals surface area contributed by atoms with Gasteiger partial charge in [0.15, 0.2) is 0 Å². The van der Waals surface area contributed by atoms with Crippen LogP contribution in [0.3, 0.4) is 0 Å². The van der Waals surface area contributed by atoms with Crippen LogP contribution >= 0.6 is 0 Å². The van der Waals surface area contributed by atoms with E-state index in [1.54, 1.807) is 17.9 Å². The van der Waals surface area contributed by atoms with Gasteiger partial charge >= 0.3 is 0 Å². The highest BCUT2D eigenvalue weighted by atomic mass is 32.2. The molecule has 7 nitrogen and oxygen atoms in total. The summed E-state index contributed by atoms with van der Waals surface area (Å²) in [4.78, 5) is -0.216. The van der Waals surface area contributed by atoms with E-state index in [-0.39, 0.29) is 17.3 Å². The molecular formula is C10H14N4O3S. The lowest BCUT2D eigenvalue weighted by Crippen LogP contribution is -2.12. The van der Waals surface area contributed by atoms with Crippen LogP contribution in [0.2, 0.25) is 0 Å². The summed E-state index contributed by atoms with van der Waals surface area (Å²) in [5.41, 5.74) is 0.636. The molecule has 0 amide bonds. The molecule has 0 unspecified atom stereocenters. The van der Waals surface area contributed by atoms with Gasteiger partial charge < -0.3 is 4.74 Å². The molecule has 8 heteroatoms. The highest BCUT2D eigenvalue weighted by molar-refractivity contribution is 7.93. The van der Waals surface area contributed by atoms with E-state index in [1.165, 1.54) is 12.2 Å². The topological polar surface area (TPSA) is 100 Å². The van der Waals surface area contributed by atoms with Gasteiger partial charge in [-0.2, -0.15) is 0 Å². The molecule has 0 spiro atoms. The number of nitrogens with two attached hydrogens (primary N) is 1. The molecule has 1 aromatic rings. The second kappa shape index (κ2) is 5.61. The third kappa shape index (κ3) is 4.52. The van der Waals surface area contributed by atoms with Gasteiger partial charge in [-0.25, -0.2) is 13.6 Å². The summed E-state index contributed by atoms with van der Waals surface area (Å²) in [6.45, 7) is 7.08. The van der Waals surface area contributed by atoms with Crippen LogP contribution in [0.1, 0.15) is 5.69 Å². The minimum Gasteiger partial charge on any atom is -0.488 e. The predicted molar refractivity (Wildman–Crippen MR) is 66.3 cm³/mol. The Balaban J connectivity index is 2.48. The molecule has 0 saturated heterocycles. The van der Waals surface area contributed by atoms with Gasteiger partial charge in [-0.15, -0.1) is 5.10 Å². The van der Waals surface area contributed by atoms with Crippen molar-refractivity contribution in [3.05, 3.63) is 47.9 Å². The maximum absolute atomic E-state index is 10.9. The zero-order valence-electron chi connectivity index (χ0n) is 9.91. The van der Waals surface area contributed by atoms with Crippen molar-refractivity contribution in [1.29, 1.82) is 0 Å². The van der Waals surface area contributed by atoms with E-state index in [0.29, 0.717) is 5.69 Å². The van der Waals surface area contributed by atoms with E-state index in [0.717, 1.165) is 0 Å². The Morgan fingerprint density at radius 1 is 1.56 bits per heavy atom. The number of aromatic nitrogens is 3. The first-order chi connectivity index (χ1) is 8.29. The minimum absolute atomic E-state index is 0.193. The number of sulfonamides is 1. The van der Waals surface area contributed by atoms with Gasteiger partial charge in [0, 0.05) is 7.05 Å². The van der Waals surface area contributed by atoms with Crippen LogP contribution in [0, 0.1) is 0 Å². The Kier molecular flexibility index (Phi) is 4.40. The van der Waals surface area contributed by atoms with Gasteiger partial charge in [-0.1, -0.05) is 18.4 Å². The number of rotatable bonds is 6. The summed E-state index contributed by atoms with van der Waals surface area (Å²) in [5.74, 6) is 0.269. The predicted octanol–water partition coefficient (Wildman–Crippen LogP) is 0.204. The van der Waals surface area contributed by atoms with Crippen LogP contribution in [0.15, 0.2) is 42.2 Å². The molecule has 2 N–H and O–H groups in total. The zero-order valence-corrected chi connectivity index (χ0v) is 10.7. The van der Waals surface area contributed by atoms with Gasteiger partial charge in [-0.05, 0) is 12.2 Å². The summed E-state index contributed by atoms with van der Waals surface area (Å²) in [6, 6.07) is 0. The first kappa shape index (κ1) is 14.1. The number of primary sulfonamides is 1. The number of allylic oxidation sites excluding steroid dienone is 2. The standard InChI is InChI=1S/C10H14N4O3S/c1-8(4-5-9(2)18(11,15)16)17-7-10-6-14(3)13-12-10/h4-6H,1-2,7H2,3H3,(H2,11,15,16)/b5-4-. The van der Waals surface area contributed by atoms with E-state index in [9.17, 15) is 8.42 Å². The Morgan fingerprint density at radius 3 is 2.72 bits per heavy atom. The molecule has 0 aromatic carbocycles. The van der Waals surface area contributed by atoms with Crippen molar-refractivity contribution < 1.29 is 13.2 Å². The van der Waals surface area contributed by atoms with Crippen molar-refractivity contribution >= 4 is 10.0 Å². The SMILES string of the molecule is C=C(/C=C\C(=C)S(N)(=O)=O)OCc1cn(C)nn1. The van der Waals surface area contributed by atoms with Crippen molar-refractivity contribution in [2.45, 2.75) is 6.61 Å². The minimum atomic E-state index is -3.77. The summed E-state index contributed by atoms with van der Waals surface area (Å²) in [6.07, 6.45) is 4.28. The Hall–Kier alpha value is -1.93. The molecule has 0 saturated carbocycles. The van der Waals surface area contributed by atoms with Crippen molar-refractivity contribution in [1.82, 2.24) is 15.0 Å². The largest absolute Gasteiger partial charge is 0.488 e. The van der Waals surface area contributed by atoms with Crippen LogP contribution < -0.4 is 5.14 Å². The molecule has 98 valence electrons. The van der Waals surface area contributed by atoms with Crippen LogP contribution in [0.25, 0.3) is 0 Å². The fourth-order valence-electron chi connectivity index (χ4n) is 0.957. The lowest BCUT2D eigenvalue weighted by atomic mass is 10.4. The summed E-state index contributed by atoms with van der Waals surface area (Å²) >= 11 is 0. The fourth-order valence-corrected chi connectivity index (χ4v) is 1.21. The van der Waals surface area contributed by atoms with E-state index < -0.39 is 10.0 Å².